The van der Waals surface area contributed by atoms with E-state index in [4.69, 9.17) is 4.42 Å². The van der Waals surface area contributed by atoms with Gasteiger partial charge in [0.2, 0.25) is 0 Å². The number of aliphatic imine (C=N–C) groups is 1. The fourth-order valence-electron chi connectivity index (χ4n) is 2.45. The van der Waals surface area contributed by atoms with Crippen LogP contribution in [-0.4, -0.2) is 12.9 Å². The molecule has 0 saturated heterocycles. The largest absolute Gasteiger partial charge is 0.461 e. The highest BCUT2D eigenvalue weighted by Crippen LogP contribution is 2.22. The molecule has 1 N–H and O–H groups in total. The molecule has 0 atom stereocenters. The summed E-state index contributed by atoms with van der Waals surface area (Å²) in [7, 11) is 1.76. The van der Waals surface area contributed by atoms with E-state index < -0.39 is 0 Å². The van der Waals surface area contributed by atoms with Gasteiger partial charge < -0.3 is 9.73 Å². The van der Waals surface area contributed by atoms with Crippen LogP contribution in [0.5, 0.6) is 0 Å². The summed E-state index contributed by atoms with van der Waals surface area (Å²) >= 11 is 0. The van der Waals surface area contributed by atoms with E-state index in [9.17, 15) is 0 Å². The lowest BCUT2D eigenvalue weighted by Crippen LogP contribution is -2.29. The molecule has 118 valence electrons. The first-order valence-electron chi connectivity index (χ1n) is 7.25. The highest BCUT2D eigenvalue weighted by molar-refractivity contribution is 5.96. The van der Waals surface area contributed by atoms with Crippen LogP contribution in [0.2, 0.25) is 0 Å². The van der Waals surface area contributed by atoms with Gasteiger partial charge in [0.15, 0.2) is 11.6 Å². The third-order valence-corrected chi connectivity index (χ3v) is 3.53. The van der Waals surface area contributed by atoms with Gasteiger partial charge in [0.1, 0.15) is 0 Å². The zero-order valence-corrected chi connectivity index (χ0v) is 13.7. The van der Waals surface area contributed by atoms with Crippen molar-refractivity contribution < 1.29 is 4.42 Å². The summed E-state index contributed by atoms with van der Waals surface area (Å²) in [6.07, 6.45) is 1.65. The van der Waals surface area contributed by atoms with Crippen LogP contribution in [0.3, 0.4) is 0 Å². The molecule has 0 spiro atoms. The summed E-state index contributed by atoms with van der Waals surface area (Å²) < 4.78 is 5.47. The first kappa shape index (κ1) is 16.8. The molecule has 3 aromatic rings. The molecule has 0 bridgehead atoms. The Hall–Kier alpha value is -2.52. The summed E-state index contributed by atoms with van der Waals surface area (Å²) in [6, 6.07) is 24.5. The van der Waals surface area contributed by atoms with Crippen LogP contribution in [0.25, 0.3) is 0 Å². The first-order chi connectivity index (χ1) is 10.9. The molecule has 1 heterocycles. The average Bonchev–Trinajstić information content (AvgIpc) is 3.12. The normalized spacial score (nSPS) is 11.1. The number of nitrogens with zero attached hydrogens (tertiary/aromatic N) is 1. The maximum absolute atomic E-state index is 5.47. The van der Waals surface area contributed by atoms with Gasteiger partial charge in [0, 0.05) is 7.05 Å². The minimum absolute atomic E-state index is 0. The molecule has 23 heavy (non-hydrogen) atoms. The molecule has 3 rings (SSSR count). The molecule has 0 unspecified atom stereocenters. The van der Waals surface area contributed by atoms with E-state index in [-0.39, 0.29) is 18.4 Å². The molecule has 0 radical (unpaired) electrons. The number of benzene rings is 2. The van der Waals surface area contributed by atoms with E-state index in [1.165, 1.54) is 11.1 Å². The minimum atomic E-state index is 0. The van der Waals surface area contributed by atoms with Crippen LogP contribution in [-0.2, 0) is 0 Å². The van der Waals surface area contributed by atoms with Crippen LogP contribution in [0.4, 0.5) is 0 Å². The Morgan fingerprint density at radius 1 is 0.870 bits per heavy atom. The van der Waals surface area contributed by atoms with E-state index in [0.29, 0.717) is 0 Å². The van der Waals surface area contributed by atoms with E-state index in [0.717, 1.165) is 11.6 Å². The van der Waals surface area contributed by atoms with Gasteiger partial charge in [0.05, 0.1) is 12.3 Å². The predicted octanol–water partition coefficient (Wildman–Crippen LogP) is 4.46. The minimum Gasteiger partial charge on any atom is -0.461 e. The Morgan fingerprint density at radius 2 is 1.43 bits per heavy atom. The highest BCUT2D eigenvalue weighted by Gasteiger charge is 2.17. The van der Waals surface area contributed by atoms with Gasteiger partial charge in [-0.2, -0.15) is 0 Å². The summed E-state index contributed by atoms with van der Waals surface area (Å²) in [5.74, 6) is 1.47. The monoisotopic (exact) mass is 326 g/mol. The predicted molar refractivity (Wildman–Crippen MR) is 96.3 cm³/mol. The van der Waals surface area contributed by atoms with E-state index >= 15 is 0 Å². The Bertz CT molecular complexity index is 685. The number of furan rings is 1. The molecule has 4 heteroatoms. The lowest BCUT2D eigenvalue weighted by molar-refractivity contribution is 0.550. The van der Waals surface area contributed by atoms with Crippen molar-refractivity contribution in [1.29, 1.82) is 0 Å². The molecule has 0 saturated carbocycles. The molecule has 0 aliphatic heterocycles. The third kappa shape index (κ3) is 4.02. The molecule has 0 amide bonds. The van der Waals surface area contributed by atoms with Gasteiger partial charge in [-0.25, -0.2) is 0 Å². The van der Waals surface area contributed by atoms with Crippen molar-refractivity contribution in [3.05, 3.63) is 95.9 Å². The topological polar surface area (TPSA) is 37.5 Å². The summed E-state index contributed by atoms with van der Waals surface area (Å²) in [6.45, 7) is 0. The van der Waals surface area contributed by atoms with Crippen LogP contribution in [0, 0.1) is 0 Å². The molecule has 0 aliphatic rings. The van der Waals surface area contributed by atoms with Gasteiger partial charge in [-0.15, -0.1) is 12.4 Å². The molecule has 3 nitrogen and oxygen atoms in total. The number of rotatable bonds is 4. The summed E-state index contributed by atoms with van der Waals surface area (Å²) in [4.78, 5) is 4.33. The maximum atomic E-state index is 5.47. The van der Waals surface area contributed by atoms with Gasteiger partial charge in [-0.1, -0.05) is 60.7 Å². The van der Waals surface area contributed by atoms with Crippen molar-refractivity contribution in [2.24, 2.45) is 4.99 Å². The van der Waals surface area contributed by atoms with Gasteiger partial charge in [0.25, 0.3) is 0 Å². The van der Waals surface area contributed by atoms with Crippen LogP contribution in [0.15, 0.2) is 88.5 Å². The molecular weight excluding hydrogens is 308 g/mol. The van der Waals surface area contributed by atoms with Crippen molar-refractivity contribution in [3.8, 4) is 0 Å². The Morgan fingerprint density at radius 3 is 1.87 bits per heavy atom. The standard InChI is InChI=1S/C19H18N2O.ClH/c1-20-19(17-13-8-14-22-17)21-18(15-9-4-2-5-10-15)16-11-6-3-7-12-16;/h2-14,18H,1H3,(H,20,21);1H. The molecular formula is C19H19ClN2O. The summed E-state index contributed by atoms with van der Waals surface area (Å²) in [5, 5.41) is 3.50. The fourth-order valence-corrected chi connectivity index (χ4v) is 2.45. The van der Waals surface area contributed by atoms with Crippen LogP contribution in [0.1, 0.15) is 22.9 Å². The maximum Gasteiger partial charge on any atom is 0.168 e. The third-order valence-electron chi connectivity index (χ3n) is 3.53. The van der Waals surface area contributed by atoms with Gasteiger partial charge in [-0.05, 0) is 23.3 Å². The van der Waals surface area contributed by atoms with Gasteiger partial charge in [-0.3, -0.25) is 4.99 Å². The zero-order valence-electron chi connectivity index (χ0n) is 12.8. The van der Waals surface area contributed by atoms with Crippen molar-refractivity contribution >= 4 is 18.2 Å². The molecule has 2 aromatic carbocycles. The smallest absolute Gasteiger partial charge is 0.168 e. The fraction of sp³-hybridized carbons (Fsp3) is 0.105. The highest BCUT2D eigenvalue weighted by atomic mass is 35.5. The summed E-state index contributed by atoms with van der Waals surface area (Å²) in [5.41, 5.74) is 2.36. The number of amidine groups is 1. The Kier molecular flexibility index (Phi) is 6.01. The lowest BCUT2D eigenvalue weighted by Gasteiger charge is -2.21. The Balaban J connectivity index is 0.00000192. The Labute approximate surface area is 142 Å². The van der Waals surface area contributed by atoms with Crippen molar-refractivity contribution in [3.63, 3.8) is 0 Å². The SMILES string of the molecule is CN=C(NC(c1ccccc1)c1ccccc1)c1ccco1.Cl. The molecule has 1 aromatic heterocycles. The number of hydrogen-bond acceptors (Lipinski definition) is 2. The van der Waals surface area contributed by atoms with E-state index in [1.807, 2.05) is 48.5 Å². The zero-order chi connectivity index (χ0) is 15.2. The second-order valence-electron chi connectivity index (χ2n) is 4.95. The first-order valence-corrected chi connectivity index (χ1v) is 7.25. The number of nitrogens with one attached hydrogen (secondary N) is 1. The van der Waals surface area contributed by atoms with Crippen molar-refractivity contribution in [2.75, 3.05) is 7.05 Å². The second kappa shape index (κ2) is 8.20. The quantitative estimate of drug-likeness (QED) is 0.568. The van der Waals surface area contributed by atoms with E-state index in [1.54, 1.807) is 13.3 Å². The van der Waals surface area contributed by atoms with Crippen LogP contribution < -0.4 is 5.32 Å². The molecule has 0 aliphatic carbocycles. The second-order valence-corrected chi connectivity index (χ2v) is 4.95. The lowest BCUT2D eigenvalue weighted by atomic mass is 9.98. The van der Waals surface area contributed by atoms with Gasteiger partial charge >= 0.3 is 0 Å². The number of hydrogen-bond donors (Lipinski definition) is 1. The van der Waals surface area contributed by atoms with Crippen molar-refractivity contribution in [1.82, 2.24) is 5.32 Å². The van der Waals surface area contributed by atoms with Crippen molar-refractivity contribution in [2.45, 2.75) is 6.04 Å². The van der Waals surface area contributed by atoms with Crippen LogP contribution >= 0.6 is 12.4 Å². The molecule has 0 fully saturated rings. The van der Waals surface area contributed by atoms with E-state index in [2.05, 4.69) is 34.6 Å². The number of halogens is 1. The average molecular weight is 327 g/mol.